The molecule has 0 saturated carbocycles. The van der Waals surface area contributed by atoms with Crippen LogP contribution in [0, 0.1) is 0 Å². The molecule has 2 rings (SSSR count). The summed E-state index contributed by atoms with van der Waals surface area (Å²) in [6.07, 6.45) is 1.16. The van der Waals surface area contributed by atoms with E-state index in [0.717, 1.165) is 44.9 Å². The molecular weight excluding hydrogens is 270 g/mol. The van der Waals surface area contributed by atoms with Gasteiger partial charge in [-0.3, -0.25) is 0 Å². The molecule has 4 nitrogen and oxygen atoms in total. The van der Waals surface area contributed by atoms with Gasteiger partial charge in [-0.05, 0) is 30.7 Å². The molecule has 0 aliphatic carbocycles. The number of hydrogen-bond donors (Lipinski definition) is 2. The van der Waals surface area contributed by atoms with Crippen molar-refractivity contribution in [1.82, 2.24) is 15.5 Å². The van der Waals surface area contributed by atoms with Crippen molar-refractivity contribution < 1.29 is 4.79 Å². The van der Waals surface area contributed by atoms with Crippen LogP contribution < -0.4 is 10.6 Å². The minimum Gasteiger partial charge on any atom is -0.336 e. The zero-order valence-electron chi connectivity index (χ0n) is 12.0. The molecule has 1 aromatic rings. The molecule has 1 aliphatic rings. The summed E-state index contributed by atoms with van der Waals surface area (Å²) >= 11 is 1.80. The molecule has 1 heterocycles. The second-order valence-electron chi connectivity index (χ2n) is 4.89. The van der Waals surface area contributed by atoms with E-state index in [2.05, 4.69) is 41.8 Å². The Morgan fingerprint density at radius 3 is 2.80 bits per heavy atom. The maximum Gasteiger partial charge on any atom is 0.317 e. The van der Waals surface area contributed by atoms with Gasteiger partial charge in [0.1, 0.15) is 0 Å². The number of carbonyl (C=O) groups is 1. The summed E-state index contributed by atoms with van der Waals surface area (Å²) in [6, 6.07) is 8.75. The summed E-state index contributed by atoms with van der Waals surface area (Å²) in [6.45, 7) is 6.61. The van der Waals surface area contributed by atoms with Crippen LogP contribution >= 0.6 is 11.8 Å². The topological polar surface area (TPSA) is 44.4 Å². The van der Waals surface area contributed by atoms with Crippen molar-refractivity contribution in [3.8, 4) is 0 Å². The monoisotopic (exact) mass is 293 g/mol. The minimum atomic E-state index is 0.0722. The molecule has 0 radical (unpaired) electrons. The van der Waals surface area contributed by atoms with Crippen molar-refractivity contribution in [2.75, 3.05) is 31.9 Å². The number of rotatable bonds is 8. The Morgan fingerprint density at radius 2 is 2.15 bits per heavy atom. The predicted molar refractivity (Wildman–Crippen MR) is 84.1 cm³/mol. The molecule has 20 heavy (non-hydrogen) atoms. The summed E-state index contributed by atoms with van der Waals surface area (Å²) in [5.74, 6) is 0.945. The molecule has 2 amide bonds. The lowest BCUT2D eigenvalue weighted by Crippen LogP contribution is -2.30. The molecule has 0 unspecified atom stereocenters. The van der Waals surface area contributed by atoms with Crippen molar-refractivity contribution >= 4 is 17.8 Å². The number of thioether (sulfide) groups is 1. The lowest BCUT2D eigenvalue weighted by molar-refractivity contribution is 0.220. The largest absolute Gasteiger partial charge is 0.336 e. The maximum atomic E-state index is 11.4. The highest BCUT2D eigenvalue weighted by atomic mass is 32.2. The van der Waals surface area contributed by atoms with E-state index in [1.807, 2.05) is 4.90 Å². The van der Waals surface area contributed by atoms with Crippen LogP contribution in [0.1, 0.15) is 18.9 Å². The highest BCUT2D eigenvalue weighted by Gasteiger charge is 2.18. The Labute approximate surface area is 125 Å². The van der Waals surface area contributed by atoms with Crippen molar-refractivity contribution in [2.45, 2.75) is 24.8 Å². The van der Waals surface area contributed by atoms with Crippen LogP contribution in [0.5, 0.6) is 0 Å². The Kier molecular flexibility index (Phi) is 6.21. The van der Waals surface area contributed by atoms with E-state index >= 15 is 0 Å². The number of benzene rings is 1. The molecule has 1 aliphatic heterocycles. The van der Waals surface area contributed by atoms with Gasteiger partial charge >= 0.3 is 6.03 Å². The number of urea groups is 1. The summed E-state index contributed by atoms with van der Waals surface area (Å²) in [7, 11) is 0. The quantitative estimate of drug-likeness (QED) is 0.571. The fraction of sp³-hybridized carbons (Fsp3) is 0.533. The SMILES string of the molecule is CCCNCc1ccc(SCCN2CCNC2=O)cc1. The average molecular weight is 293 g/mol. The van der Waals surface area contributed by atoms with Crippen molar-refractivity contribution in [3.05, 3.63) is 29.8 Å². The fourth-order valence-corrected chi connectivity index (χ4v) is 2.99. The smallest absolute Gasteiger partial charge is 0.317 e. The Morgan fingerprint density at radius 1 is 1.35 bits per heavy atom. The molecule has 1 saturated heterocycles. The van der Waals surface area contributed by atoms with Gasteiger partial charge < -0.3 is 15.5 Å². The minimum absolute atomic E-state index is 0.0722. The molecule has 1 aromatic carbocycles. The van der Waals surface area contributed by atoms with E-state index in [-0.39, 0.29) is 6.03 Å². The fourth-order valence-electron chi connectivity index (χ4n) is 2.11. The van der Waals surface area contributed by atoms with Crippen LogP contribution in [0.2, 0.25) is 0 Å². The molecule has 0 spiro atoms. The van der Waals surface area contributed by atoms with Gasteiger partial charge in [0.2, 0.25) is 0 Å². The van der Waals surface area contributed by atoms with E-state index in [4.69, 9.17) is 0 Å². The Balaban J connectivity index is 1.69. The van der Waals surface area contributed by atoms with Crippen molar-refractivity contribution in [2.24, 2.45) is 0 Å². The van der Waals surface area contributed by atoms with Crippen LogP contribution in [0.15, 0.2) is 29.2 Å². The van der Waals surface area contributed by atoms with E-state index in [9.17, 15) is 4.79 Å². The number of hydrogen-bond acceptors (Lipinski definition) is 3. The maximum absolute atomic E-state index is 11.4. The van der Waals surface area contributed by atoms with Gasteiger partial charge in [-0.15, -0.1) is 11.8 Å². The summed E-state index contributed by atoms with van der Waals surface area (Å²) in [5, 5.41) is 6.22. The molecule has 0 bridgehead atoms. The van der Waals surface area contributed by atoms with E-state index in [1.54, 1.807) is 11.8 Å². The highest BCUT2D eigenvalue weighted by molar-refractivity contribution is 7.99. The molecule has 0 aromatic heterocycles. The van der Waals surface area contributed by atoms with E-state index < -0.39 is 0 Å². The first kappa shape index (κ1) is 15.2. The summed E-state index contributed by atoms with van der Waals surface area (Å²) < 4.78 is 0. The van der Waals surface area contributed by atoms with Gasteiger partial charge in [0.05, 0.1) is 0 Å². The molecule has 1 fully saturated rings. The van der Waals surface area contributed by atoms with E-state index in [1.165, 1.54) is 10.5 Å². The zero-order chi connectivity index (χ0) is 14.2. The van der Waals surface area contributed by atoms with Crippen LogP contribution in [-0.4, -0.2) is 42.9 Å². The van der Waals surface area contributed by atoms with Crippen LogP contribution in [0.25, 0.3) is 0 Å². The third-order valence-electron chi connectivity index (χ3n) is 3.25. The van der Waals surface area contributed by atoms with Crippen LogP contribution in [-0.2, 0) is 6.54 Å². The third-order valence-corrected chi connectivity index (χ3v) is 4.25. The second-order valence-corrected chi connectivity index (χ2v) is 6.06. The first-order valence-electron chi connectivity index (χ1n) is 7.25. The zero-order valence-corrected chi connectivity index (χ0v) is 12.8. The predicted octanol–water partition coefficient (Wildman–Crippen LogP) is 2.30. The summed E-state index contributed by atoms with van der Waals surface area (Å²) in [4.78, 5) is 14.5. The molecule has 2 N–H and O–H groups in total. The molecule has 0 atom stereocenters. The number of nitrogens with one attached hydrogen (secondary N) is 2. The lowest BCUT2D eigenvalue weighted by Gasteiger charge is -2.13. The standard InChI is InChI=1S/C15H23N3OS/c1-2-7-16-12-13-3-5-14(6-4-13)20-11-10-18-9-8-17-15(18)19/h3-6,16H,2,7-12H2,1H3,(H,17,19). The highest BCUT2D eigenvalue weighted by Crippen LogP contribution is 2.18. The van der Waals surface area contributed by atoms with Gasteiger partial charge in [0.15, 0.2) is 0 Å². The number of carbonyl (C=O) groups excluding carboxylic acids is 1. The first-order chi connectivity index (χ1) is 9.79. The second kappa shape index (κ2) is 8.17. The van der Waals surface area contributed by atoms with Gasteiger partial charge in [-0.2, -0.15) is 0 Å². The van der Waals surface area contributed by atoms with Gasteiger partial charge in [-0.25, -0.2) is 4.79 Å². The Bertz CT molecular complexity index is 422. The normalized spacial score (nSPS) is 14.7. The number of nitrogens with zero attached hydrogens (tertiary/aromatic N) is 1. The third kappa shape index (κ3) is 4.72. The van der Waals surface area contributed by atoms with Gasteiger partial charge in [0.25, 0.3) is 0 Å². The van der Waals surface area contributed by atoms with Gasteiger partial charge in [0, 0.05) is 36.8 Å². The number of amides is 2. The first-order valence-corrected chi connectivity index (χ1v) is 8.23. The molecular formula is C15H23N3OS. The van der Waals surface area contributed by atoms with E-state index in [0.29, 0.717) is 0 Å². The molecule has 110 valence electrons. The van der Waals surface area contributed by atoms with Gasteiger partial charge in [-0.1, -0.05) is 19.1 Å². The average Bonchev–Trinajstić information content (AvgIpc) is 2.87. The van der Waals surface area contributed by atoms with Crippen LogP contribution in [0.4, 0.5) is 4.79 Å². The van der Waals surface area contributed by atoms with Crippen molar-refractivity contribution in [3.63, 3.8) is 0 Å². The van der Waals surface area contributed by atoms with Crippen LogP contribution in [0.3, 0.4) is 0 Å². The Hall–Kier alpha value is -1.20. The molecule has 5 heteroatoms. The van der Waals surface area contributed by atoms with Crippen molar-refractivity contribution in [1.29, 1.82) is 0 Å². The summed E-state index contributed by atoms with van der Waals surface area (Å²) in [5.41, 5.74) is 1.32. The lowest BCUT2D eigenvalue weighted by atomic mass is 10.2.